The summed E-state index contributed by atoms with van der Waals surface area (Å²) < 4.78 is 7.01. The van der Waals surface area contributed by atoms with Crippen LogP contribution in [-0.2, 0) is 11.3 Å². The molecule has 0 amide bonds. The van der Waals surface area contributed by atoms with Crippen LogP contribution in [0.3, 0.4) is 0 Å². The number of fused-ring (bicyclic) bond motifs is 4. The van der Waals surface area contributed by atoms with Gasteiger partial charge < -0.3 is 15.0 Å². The highest BCUT2D eigenvalue weighted by Gasteiger charge is 2.34. The minimum Gasteiger partial charge on any atom is -0.465 e. The van der Waals surface area contributed by atoms with E-state index in [1.54, 1.807) is 0 Å². The van der Waals surface area contributed by atoms with E-state index in [0.717, 1.165) is 29.1 Å². The summed E-state index contributed by atoms with van der Waals surface area (Å²) in [5.41, 5.74) is 2.53. The lowest BCUT2D eigenvalue weighted by Gasteiger charge is -2.45. The minimum absolute atomic E-state index is 0.232. The van der Waals surface area contributed by atoms with Crippen molar-refractivity contribution in [3.05, 3.63) is 29.5 Å². The highest BCUT2D eigenvalue weighted by Crippen LogP contribution is 2.29. The average molecular weight is 356 g/mol. The topological polar surface area (TPSA) is 59.4 Å². The molecule has 6 heteroatoms. The Labute approximate surface area is 154 Å². The van der Waals surface area contributed by atoms with E-state index >= 15 is 0 Å². The van der Waals surface area contributed by atoms with Crippen LogP contribution in [0.1, 0.15) is 48.8 Å². The molecular weight excluding hydrogens is 328 g/mol. The largest absolute Gasteiger partial charge is 0.465 e. The third kappa shape index (κ3) is 3.01. The second kappa shape index (κ2) is 7.00. The summed E-state index contributed by atoms with van der Waals surface area (Å²) >= 11 is 0. The van der Waals surface area contributed by atoms with Crippen LogP contribution in [0.2, 0.25) is 0 Å². The van der Waals surface area contributed by atoms with Crippen LogP contribution >= 0.6 is 0 Å². The maximum Gasteiger partial charge on any atom is 0.338 e. The van der Waals surface area contributed by atoms with Crippen LogP contribution < -0.4 is 5.32 Å². The second-order valence-electron chi connectivity index (χ2n) is 7.80. The lowest BCUT2D eigenvalue weighted by molar-refractivity contribution is 0.0603. The van der Waals surface area contributed by atoms with E-state index in [0.29, 0.717) is 18.2 Å². The zero-order valence-electron chi connectivity index (χ0n) is 15.9. The molecule has 3 fully saturated rings. The molecule has 3 aliphatic heterocycles. The molecule has 0 saturated carbocycles. The van der Waals surface area contributed by atoms with Gasteiger partial charge in [-0.25, -0.2) is 4.79 Å². The third-order valence-electron chi connectivity index (χ3n) is 5.89. The fraction of sp³-hybridized carbons (Fsp3) is 0.600. The van der Waals surface area contributed by atoms with Gasteiger partial charge in [0.15, 0.2) is 0 Å². The Morgan fingerprint density at radius 1 is 1.35 bits per heavy atom. The van der Waals surface area contributed by atoms with Crippen LogP contribution in [0.25, 0.3) is 10.9 Å². The summed E-state index contributed by atoms with van der Waals surface area (Å²) in [6.07, 6.45) is 2.57. The number of carbonyl (C=O) groups is 1. The fourth-order valence-corrected chi connectivity index (χ4v) is 4.49. The Bertz CT molecular complexity index is 805. The molecule has 1 unspecified atom stereocenters. The quantitative estimate of drug-likeness (QED) is 0.835. The molecule has 0 radical (unpaired) electrons. The van der Waals surface area contributed by atoms with Crippen molar-refractivity contribution in [1.82, 2.24) is 20.0 Å². The van der Waals surface area contributed by atoms with Gasteiger partial charge >= 0.3 is 5.97 Å². The second-order valence-corrected chi connectivity index (χ2v) is 7.80. The normalized spacial score (nSPS) is 25.2. The number of nitrogens with one attached hydrogen (secondary N) is 1. The number of carbonyl (C=O) groups excluding carboxylic acids is 1. The van der Waals surface area contributed by atoms with Crippen molar-refractivity contribution in [2.24, 2.45) is 5.92 Å². The molecular formula is C20H28N4O2. The van der Waals surface area contributed by atoms with Gasteiger partial charge in [-0.1, -0.05) is 6.07 Å². The molecule has 4 heterocycles. The molecule has 6 nitrogen and oxygen atoms in total. The molecule has 0 aliphatic carbocycles. The van der Waals surface area contributed by atoms with Crippen LogP contribution in [0.4, 0.5) is 0 Å². The first-order valence-corrected chi connectivity index (χ1v) is 9.62. The summed E-state index contributed by atoms with van der Waals surface area (Å²) in [6.45, 7) is 8.50. The van der Waals surface area contributed by atoms with Gasteiger partial charge in [0.25, 0.3) is 0 Å². The van der Waals surface area contributed by atoms with Crippen molar-refractivity contribution in [3.8, 4) is 0 Å². The molecule has 2 bridgehead atoms. The van der Waals surface area contributed by atoms with Gasteiger partial charge in [-0.15, -0.1) is 0 Å². The van der Waals surface area contributed by atoms with Crippen molar-refractivity contribution >= 4 is 16.9 Å². The van der Waals surface area contributed by atoms with Crippen molar-refractivity contribution in [2.45, 2.75) is 45.3 Å². The maximum atomic E-state index is 12.3. The molecule has 1 aromatic carbocycles. The van der Waals surface area contributed by atoms with Gasteiger partial charge in [0.05, 0.1) is 23.9 Å². The third-order valence-corrected chi connectivity index (χ3v) is 5.89. The summed E-state index contributed by atoms with van der Waals surface area (Å²) in [5, 5.41) is 9.49. The number of benzene rings is 1. The summed E-state index contributed by atoms with van der Waals surface area (Å²) in [4.78, 5) is 14.8. The van der Waals surface area contributed by atoms with Crippen LogP contribution in [0.15, 0.2) is 18.2 Å². The fourth-order valence-electron chi connectivity index (χ4n) is 4.49. The first-order valence-electron chi connectivity index (χ1n) is 9.62. The number of esters is 1. The predicted molar refractivity (Wildman–Crippen MR) is 101 cm³/mol. The molecule has 1 atom stereocenters. The Hall–Kier alpha value is -1.92. The number of rotatable bonds is 5. The number of methoxy groups -OCH3 is 1. The zero-order chi connectivity index (χ0) is 18.3. The molecule has 0 spiro atoms. The Morgan fingerprint density at radius 2 is 2.12 bits per heavy atom. The van der Waals surface area contributed by atoms with E-state index in [1.165, 1.54) is 33.0 Å². The van der Waals surface area contributed by atoms with Crippen molar-refractivity contribution in [1.29, 1.82) is 0 Å². The van der Waals surface area contributed by atoms with Crippen LogP contribution in [0.5, 0.6) is 0 Å². The molecule has 1 N–H and O–H groups in total. The zero-order valence-corrected chi connectivity index (χ0v) is 15.9. The van der Waals surface area contributed by atoms with Crippen molar-refractivity contribution < 1.29 is 9.53 Å². The number of nitrogens with zero attached hydrogens (tertiary/aromatic N) is 3. The lowest BCUT2D eigenvalue weighted by Crippen LogP contribution is -2.55. The van der Waals surface area contributed by atoms with E-state index in [1.807, 2.05) is 22.9 Å². The Morgan fingerprint density at radius 3 is 2.73 bits per heavy atom. The number of piperidine rings is 3. The first kappa shape index (κ1) is 17.5. The highest BCUT2D eigenvalue weighted by molar-refractivity contribution is 6.04. The van der Waals surface area contributed by atoms with Gasteiger partial charge in [-0.3, -0.25) is 4.68 Å². The molecule has 26 heavy (non-hydrogen) atoms. The maximum absolute atomic E-state index is 12.3. The molecule has 2 aromatic rings. The first-order chi connectivity index (χ1) is 12.6. The minimum atomic E-state index is -0.303. The number of hydrogen-bond acceptors (Lipinski definition) is 5. The van der Waals surface area contributed by atoms with Gasteiger partial charge in [-0.2, -0.15) is 5.10 Å². The van der Waals surface area contributed by atoms with Gasteiger partial charge in [0, 0.05) is 30.6 Å². The molecule has 140 valence electrons. The van der Waals surface area contributed by atoms with Crippen LogP contribution in [-0.4, -0.2) is 53.4 Å². The molecule has 3 aliphatic rings. The SMILES string of the molecule is COC(=O)c1cccc2c1c(CNC1CN3CCC1CC3)nn2C(C)C. The number of aromatic nitrogens is 2. The van der Waals surface area contributed by atoms with Gasteiger partial charge in [0.1, 0.15) is 0 Å². The summed E-state index contributed by atoms with van der Waals surface area (Å²) in [6, 6.07) is 6.52. The van der Waals surface area contributed by atoms with E-state index in [2.05, 4.69) is 24.1 Å². The molecule has 1 aromatic heterocycles. The number of ether oxygens (including phenoxy) is 1. The van der Waals surface area contributed by atoms with Crippen molar-refractivity contribution in [2.75, 3.05) is 26.7 Å². The predicted octanol–water partition coefficient (Wildman–Crippen LogP) is 2.59. The lowest BCUT2D eigenvalue weighted by atomic mass is 9.84. The van der Waals surface area contributed by atoms with Crippen molar-refractivity contribution in [3.63, 3.8) is 0 Å². The number of hydrogen-bond donors (Lipinski definition) is 1. The highest BCUT2D eigenvalue weighted by atomic mass is 16.5. The standard InChI is InChI=1S/C20H28N4O2/c1-13(2)24-18-6-4-5-15(20(25)26-3)19(18)16(22-24)11-21-17-12-23-9-7-14(17)8-10-23/h4-6,13-14,17,21H,7-12H2,1-3H3. The van der Waals surface area contributed by atoms with E-state index in [4.69, 9.17) is 9.84 Å². The Balaban J connectivity index is 1.66. The van der Waals surface area contributed by atoms with Gasteiger partial charge in [0.2, 0.25) is 0 Å². The van der Waals surface area contributed by atoms with E-state index in [-0.39, 0.29) is 12.0 Å². The Kier molecular flexibility index (Phi) is 4.71. The van der Waals surface area contributed by atoms with E-state index in [9.17, 15) is 4.79 Å². The molecule has 5 rings (SSSR count). The molecule has 3 saturated heterocycles. The van der Waals surface area contributed by atoms with E-state index < -0.39 is 0 Å². The average Bonchev–Trinajstić information content (AvgIpc) is 3.06. The van der Waals surface area contributed by atoms with Gasteiger partial charge in [-0.05, 0) is 57.8 Å². The van der Waals surface area contributed by atoms with Crippen LogP contribution in [0, 0.1) is 5.92 Å². The monoisotopic (exact) mass is 356 g/mol. The summed E-state index contributed by atoms with van der Waals surface area (Å²) in [7, 11) is 1.43. The smallest absolute Gasteiger partial charge is 0.338 e. The summed E-state index contributed by atoms with van der Waals surface area (Å²) in [5.74, 6) is 0.460.